The van der Waals surface area contributed by atoms with Crippen LogP contribution in [0.5, 0.6) is 0 Å². The summed E-state index contributed by atoms with van der Waals surface area (Å²) in [6, 6.07) is 58.0. The van der Waals surface area contributed by atoms with Crippen molar-refractivity contribution in [3.63, 3.8) is 0 Å². The highest BCUT2D eigenvalue weighted by atomic mass is 16.3. The molecule has 0 amide bonds. The maximum atomic E-state index is 6.29. The number of hydrogen-bond acceptors (Lipinski definition) is 2. The van der Waals surface area contributed by atoms with Crippen molar-refractivity contribution < 1.29 is 4.42 Å². The van der Waals surface area contributed by atoms with Crippen LogP contribution in [0.1, 0.15) is 0 Å². The third kappa shape index (κ3) is 4.22. The van der Waals surface area contributed by atoms with Crippen molar-refractivity contribution in [3.05, 3.63) is 164 Å². The minimum Gasteiger partial charge on any atom is -0.456 e. The van der Waals surface area contributed by atoms with Gasteiger partial charge in [-0.2, -0.15) is 0 Å². The van der Waals surface area contributed by atoms with Gasteiger partial charge < -0.3 is 9.32 Å². The number of para-hydroxylation sites is 1. The maximum Gasteiger partial charge on any atom is 0.135 e. The average molecular weight is 538 g/mol. The summed E-state index contributed by atoms with van der Waals surface area (Å²) in [6.07, 6.45) is 0. The van der Waals surface area contributed by atoms with Crippen molar-refractivity contribution in [1.82, 2.24) is 0 Å². The lowest BCUT2D eigenvalue weighted by molar-refractivity contribution is 0.631. The minimum absolute atomic E-state index is 0.861. The third-order valence-electron chi connectivity index (χ3n) is 8.01. The monoisotopic (exact) mass is 537 g/mol. The van der Waals surface area contributed by atoms with Gasteiger partial charge >= 0.3 is 0 Å². The summed E-state index contributed by atoms with van der Waals surface area (Å²) in [5.74, 6) is 0.861. The SMILES string of the molecule is c1ccc(-c2cccc(N(c3cccc(-c4cc5ccccc5o4)c3)c3cc4ccccc4c4ccccc34)c2)cc1. The fourth-order valence-electron chi connectivity index (χ4n) is 6.02. The normalized spacial score (nSPS) is 11.3. The standard InChI is InChI=1S/C40H27NO/c1-2-12-28(13-3-1)29-16-10-18-33(24-29)41(38-26-30-14-4-6-20-35(30)36-21-7-8-22-37(36)38)34-19-11-17-31(25-34)40-27-32-15-5-9-23-39(32)42-40/h1-27H. The number of fused-ring (bicyclic) bond motifs is 4. The zero-order valence-corrected chi connectivity index (χ0v) is 22.9. The van der Waals surface area contributed by atoms with E-state index in [9.17, 15) is 0 Å². The molecule has 0 aliphatic carbocycles. The molecular weight excluding hydrogens is 510 g/mol. The molecule has 1 aromatic heterocycles. The fraction of sp³-hybridized carbons (Fsp3) is 0. The Hall–Kier alpha value is -5.60. The molecule has 0 radical (unpaired) electrons. The first-order valence-electron chi connectivity index (χ1n) is 14.3. The Labute approximate surface area is 244 Å². The molecule has 0 N–H and O–H groups in total. The highest BCUT2D eigenvalue weighted by Gasteiger charge is 2.19. The van der Waals surface area contributed by atoms with E-state index in [1.807, 2.05) is 18.2 Å². The maximum absolute atomic E-state index is 6.29. The molecule has 2 nitrogen and oxygen atoms in total. The molecule has 8 aromatic rings. The van der Waals surface area contributed by atoms with Gasteiger partial charge in [-0.25, -0.2) is 0 Å². The van der Waals surface area contributed by atoms with Gasteiger partial charge in [0.25, 0.3) is 0 Å². The lowest BCUT2D eigenvalue weighted by Crippen LogP contribution is -2.11. The molecule has 0 unspecified atom stereocenters. The number of nitrogens with zero attached hydrogens (tertiary/aromatic N) is 1. The average Bonchev–Trinajstić information content (AvgIpc) is 3.50. The number of hydrogen-bond donors (Lipinski definition) is 0. The molecule has 1 heterocycles. The largest absolute Gasteiger partial charge is 0.456 e. The summed E-state index contributed by atoms with van der Waals surface area (Å²) in [7, 11) is 0. The van der Waals surface area contributed by atoms with Crippen LogP contribution in [0.2, 0.25) is 0 Å². The van der Waals surface area contributed by atoms with Gasteiger partial charge in [-0.3, -0.25) is 0 Å². The molecule has 0 bridgehead atoms. The Morgan fingerprint density at radius 2 is 0.976 bits per heavy atom. The second-order valence-electron chi connectivity index (χ2n) is 10.6. The van der Waals surface area contributed by atoms with Crippen molar-refractivity contribution in [2.24, 2.45) is 0 Å². The molecule has 2 heteroatoms. The van der Waals surface area contributed by atoms with E-state index in [1.54, 1.807) is 0 Å². The number of rotatable bonds is 5. The second-order valence-corrected chi connectivity index (χ2v) is 10.6. The third-order valence-corrected chi connectivity index (χ3v) is 8.01. The molecule has 198 valence electrons. The molecule has 0 atom stereocenters. The topological polar surface area (TPSA) is 16.4 Å². The van der Waals surface area contributed by atoms with Gasteiger partial charge in [0.2, 0.25) is 0 Å². The molecule has 0 saturated heterocycles. The summed E-state index contributed by atoms with van der Waals surface area (Å²) in [5.41, 5.74) is 7.60. The van der Waals surface area contributed by atoms with Crippen LogP contribution in [0, 0.1) is 0 Å². The van der Waals surface area contributed by atoms with E-state index >= 15 is 0 Å². The molecule has 0 aliphatic heterocycles. The van der Waals surface area contributed by atoms with Crippen LogP contribution in [0.3, 0.4) is 0 Å². The smallest absolute Gasteiger partial charge is 0.135 e. The van der Waals surface area contributed by atoms with Gasteiger partial charge in [0, 0.05) is 27.7 Å². The first-order valence-corrected chi connectivity index (χ1v) is 14.3. The summed E-state index contributed by atoms with van der Waals surface area (Å²) >= 11 is 0. The van der Waals surface area contributed by atoms with Gasteiger partial charge in [-0.15, -0.1) is 0 Å². The van der Waals surface area contributed by atoms with Gasteiger partial charge in [-0.05, 0) is 69.8 Å². The van der Waals surface area contributed by atoms with Gasteiger partial charge in [-0.1, -0.05) is 121 Å². The quantitative estimate of drug-likeness (QED) is 0.203. The first-order chi connectivity index (χ1) is 20.8. The van der Waals surface area contributed by atoms with E-state index in [0.717, 1.165) is 39.4 Å². The van der Waals surface area contributed by atoms with E-state index in [2.05, 4.69) is 150 Å². The van der Waals surface area contributed by atoms with Crippen LogP contribution in [0.4, 0.5) is 17.1 Å². The molecule has 42 heavy (non-hydrogen) atoms. The lowest BCUT2D eigenvalue weighted by Gasteiger charge is -2.28. The van der Waals surface area contributed by atoms with Crippen LogP contribution < -0.4 is 4.90 Å². The zero-order valence-electron chi connectivity index (χ0n) is 22.9. The Kier molecular flexibility index (Phi) is 5.82. The predicted molar refractivity (Wildman–Crippen MR) is 177 cm³/mol. The molecule has 7 aromatic carbocycles. The highest BCUT2D eigenvalue weighted by Crippen LogP contribution is 2.43. The fourth-order valence-corrected chi connectivity index (χ4v) is 6.02. The molecule has 0 aliphatic rings. The van der Waals surface area contributed by atoms with Gasteiger partial charge in [0.1, 0.15) is 11.3 Å². The Morgan fingerprint density at radius 3 is 1.76 bits per heavy atom. The molecule has 0 spiro atoms. The molecule has 0 fully saturated rings. The van der Waals surface area contributed by atoms with Crippen LogP contribution in [0.25, 0.3) is 55.0 Å². The highest BCUT2D eigenvalue weighted by molar-refractivity contribution is 6.14. The number of furan rings is 1. The summed E-state index contributed by atoms with van der Waals surface area (Å²) in [4.78, 5) is 2.38. The van der Waals surface area contributed by atoms with Crippen molar-refractivity contribution in [3.8, 4) is 22.5 Å². The van der Waals surface area contributed by atoms with E-state index < -0.39 is 0 Å². The van der Waals surface area contributed by atoms with E-state index in [1.165, 1.54) is 32.7 Å². The summed E-state index contributed by atoms with van der Waals surface area (Å²) in [6.45, 7) is 0. The van der Waals surface area contributed by atoms with E-state index in [-0.39, 0.29) is 0 Å². The van der Waals surface area contributed by atoms with Crippen LogP contribution in [-0.4, -0.2) is 0 Å². The predicted octanol–water partition coefficient (Wildman–Crippen LogP) is 11.5. The van der Waals surface area contributed by atoms with Gasteiger partial charge in [0.15, 0.2) is 0 Å². The van der Waals surface area contributed by atoms with E-state index in [4.69, 9.17) is 4.42 Å². The van der Waals surface area contributed by atoms with Gasteiger partial charge in [0.05, 0.1) is 5.69 Å². The van der Waals surface area contributed by atoms with Crippen molar-refractivity contribution in [2.75, 3.05) is 4.90 Å². The lowest BCUT2D eigenvalue weighted by atomic mass is 9.98. The van der Waals surface area contributed by atoms with Crippen molar-refractivity contribution >= 4 is 49.6 Å². The van der Waals surface area contributed by atoms with Crippen molar-refractivity contribution in [1.29, 1.82) is 0 Å². The van der Waals surface area contributed by atoms with Crippen molar-refractivity contribution in [2.45, 2.75) is 0 Å². The van der Waals surface area contributed by atoms with Crippen LogP contribution >= 0.6 is 0 Å². The molecule has 0 saturated carbocycles. The summed E-state index contributed by atoms with van der Waals surface area (Å²) in [5, 5.41) is 6.01. The second kappa shape index (κ2) is 10.1. The molecular formula is C40H27NO. The van der Waals surface area contributed by atoms with Crippen LogP contribution in [0.15, 0.2) is 168 Å². The zero-order chi connectivity index (χ0) is 27.9. The first kappa shape index (κ1) is 24.2. The Morgan fingerprint density at radius 1 is 0.381 bits per heavy atom. The van der Waals surface area contributed by atoms with Crippen LogP contribution in [-0.2, 0) is 0 Å². The Balaban J connectivity index is 1.38. The van der Waals surface area contributed by atoms with E-state index in [0.29, 0.717) is 0 Å². The Bertz CT molecular complexity index is 2180. The number of anilines is 3. The number of benzene rings is 7. The summed E-state index contributed by atoms with van der Waals surface area (Å²) < 4.78 is 6.29. The molecule has 8 rings (SSSR count). The minimum atomic E-state index is 0.861.